The van der Waals surface area contributed by atoms with Crippen LogP contribution in [-0.4, -0.2) is 29.9 Å². The third-order valence-corrected chi connectivity index (χ3v) is 2.19. The largest absolute Gasteiger partial charge is 0.336 e. The SMILES string of the molecule is O=C1NCCN1C(=O)c1ccc(F)cc1. The summed E-state index contributed by atoms with van der Waals surface area (Å²) >= 11 is 0. The second-order valence-electron chi connectivity index (χ2n) is 3.20. The summed E-state index contributed by atoms with van der Waals surface area (Å²) < 4.78 is 12.6. The van der Waals surface area contributed by atoms with Crippen LogP contribution in [0.5, 0.6) is 0 Å². The van der Waals surface area contributed by atoms with Gasteiger partial charge < -0.3 is 5.32 Å². The first-order valence-corrected chi connectivity index (χ1v) is 4.54. The van der Waals surface area contributed by atoms with Gasteiger partial charge in [0, 0.05) is 18.7 Å². The number of nitrogens with zero attached hydrogens (tertiary/aromatic N) is 1. The van der Waals surface area contributed by atoms with E-state index in [9.17, 15) is 14.0 Å². The van der Waals surface area contributed by atoms with Crippen molar-refractivity contribution in [2.24, 2.45) is 0 Å². The zero-order chi connectivity index (χ0) is 10.8. The first-order valence-electron chi connectivity index (χ1n) is 4.54. The lowest BCUT2D eigenvalue weighted by Gasteiger charge is -2.11. The zero-order valence-electron chi connectivity index (χ0n) is 7.87. The third kappa shape index (κ3) is 1.81. The fraction of sp³-hybridized carbons (Fsp3) is 0.200. The predicted molar refractivity (Wildman–Crippen MR) is 50.8 cm³/mol. The number of carbonyl (C=O) groups excluding carboxylic acids is 2. The topological polar surface area (TPSA) is 49.4 Å². The summed E-state index contributed by atoms with van der Waals surface area (Å²) in [4.78, 5) is 24.0. The predicted octanol–water partition coefficient (Wildman–Crippen LogP) is 0.991. The Labute approximate surface area is 85.7 Å². The maximum absolute atomic E-state index is 12.6. The van der Waals surface area contributed by atoms with Crippen LogP contribution < -0.4 is 5.32 Å². The number of rotatable bonds is 1. The maximum atomic E-state index is 12.6. The fourth-order valence-electron chi connectivity index (χ4n) is 1.41. The summed E-state index contributed by atoms with van der Waals surface area (Å²) in [5.74, 6) is -0.803. The lowest BCUT2D eigenvalue weighted by atomic mass is 10.2. The van der Waals surface area contributed by atoms with Crippen LogP contribution in [0, 0.1) is 5.82 Å². The Hall–Kier alpha value is -1.91. The van der Waals surface area contributed by atoms with E-state index in [4.69, 9.17) is 0 Å². The Balaban J connectivity index is 2.20. The Kier molecular flexibility index (Phi) is 2.37. The normalized spacial score (nSPS) is 15.3. The van der Waals surface area contributed by atoms with Gasteiger partial charge in [0.05, 0.1) is 0 Å². The first-order chi connectivity index (χ1) is 7.18. The fourth-order valence-corrected chi connectivity index (χ4v) is 1.41. The average Bonchev–Trinajstić information content (AvgIpc) is 2.65. The number of imide groups is 1. The second-order valence-corrected chi connectivity index (χ2v) is 3.20. The number of carbonyl (C=O) groups is 2. The molecule has 0 aromatic heterocycles. The zero-order valence-corrected chi connectivity index (χ0v) is 7.87. The Bertz CT molecular complexity index is 402. The van der Waals surface area contributed by atoms with Gasteiger partial charge in [-0.25, -0.2) is 9.18 Å². The molecule has 0 aliphatic carbocycles. The molecule has 1 saturated heterocycles. The van der Waals surface area contributed by atoms with E-state index in [0.717, 1.165) is 4.90 Å². The number of hydrogen-bond acceptors (Lipinski definition) is 2. The summed E-state index contributed by atoms with van der Waals surface area (Å²) in [6.07, 6.45) is 0. The van der Waals surface area contributed by atoms with E-state index in [1.807, 2.05) is 0 Å². The van der Waals surface area contributed by atoms with Crippen molar-refractivity contribution in [3.63, 3.8) is 0 Å². The van der Waals surface area contributed by atoms with E-state index in [0.29, 0.717) is 18.7 Å². The summed E-state index contributed by atoms with van der Waals surface area (Å²) in [5.41, 5.74) is 0.313. The molecule has 0 spiro atoms. The molecule has 1 heterocycles. The van der Waals surface area contributed by atoms with E-state index in [1.165, 1.54) is 24.3 Å². The van der Waals surface area contributed by atoms with Gasteiger partial charge in [0.1, 0.15) is 5.82 Å². The molecule has 1 fully saturated rings. The first kappa shape index (κ1) is 9.64. The highest BCUT2D eigenvalue weighted by molar-refractivity contribution is 6.05. The van der Waals surface area contributed by atoms with Gasteiger partial charge in [-0.1, -0.05) is 0 Å². The number of urea groups is 1. The Morgan fingerprint density at radius 1 is 1.33 bits per heavy atom. The second kappa shape index (κ2) is 3.68. The lowest BCUT2D eigenvalue weighted by Crippen LogP contribution is -2.34. The average molecular weight is 208 g/mol. The molecule has 78 valence electrons. The molecule has 0 radical (unpaired) electrons. The van der Waals surface area contributed by atoms with E-state index in [1.54, 1.807) is 0 Å². The van der Waals surface area contributed by atoms with Crippen LogP contribution in [0.1, 0.15) is 10.4 Å². The van der Waals surface area contributed by atoms with Crippen molar-refractivity contribution in [2.75, 3.05) is 13.1 Å². The van der Waals surface area contributed by atoms with Crippen molar-refractivity contribution in [3.8, 4) is 0 Å². The standard InChI is InChI=1S/C10H9FN2O2/c11-8-3-1-7(2-4-8)9(14)13-6-5-12-10(13)15/h1-4H,5-6H2,(H,12,15). The molecule has 3 amide bonds. The molecule has 1 aromatic carbocycles. The Morgan fingerprint density at radius 3 is 2.53 bits per heavy atom. The minimum atomic E-state index is -0.405. The molecule has 5 heteroatoms. The van der Waals surface area contributed by atoms with Crippen molar-refractivity contribution in [1.29, 1.82) is 0 Å². The van der Waals surface area contributed by atoms with E-state index in [2.05, 4.69) is 5.32 Å². The number of nitrogens with one attached hydrogen (secondary N) is 1. The van der Waals surface area contributed by atoms with Gasteiger partial charge in [-0.3, -0.25) is 9.69 Å². The molecule has 0 saturated carbocycles. The summed E-state index contributed by atoms with van der Waals surface area (Å²) in [6.45, 7) is 0.820. The van der Waals surface area contributed by atoms with Crippen molar-refractivity contribution in [1.82, 2.24) is 10.2 Å². The number of hydrogen-bond donors (Lipinski definition) is 1. The highest BCUT2D eigenvalue weighted by atomic mass is 19.1. The Morgan fingerprint density at radius 2 is 2.00 bits per heavy atom. The quantitative estimate of drug-likeness (QED) is 0.748. The third-order valence-electron chi connectivity index (χ3n) is 2.19. The molecule has 1 aliphatic rings. The minimum absolute atomic E-state index is 0.313. The molecule has 1 aliphatic heterocycles. The van der Waals surface area contributed by atoms with Crippen LogP contribution in [-0.2, 0) is 0 Å². The molecular formula is C10H9FN2O2. The van der Waals surface area contributed by atoms with Crippen molar-refractivity contribution >= 4 is 11.9 Å². The van der Waals surface area contributed by atoms with Gasteiger partial charge in [-0.05, 0) is 24.3 Å². The van der Waals surface area contributed by atoms with Crippen molar-refractivity contribution in [2.45, 2.75) is 0 Å². The molecule has 15 heavy (non-hydrogen) atoms. The molecule has 4 nitrogen and oxygen atoms in total. The summed E-state index contributed by atoms with van der Waals surface area (Å²) in [5, 5.41) is 2.52. The molecular weight excluding hydrogens is 199 g/mol. The van der Waals surface area contributed by atoms with Gasteiger partial charge >= 0.3 is 6.03 Å². The molecule has 0 atom stereocenters. The van der Waals surface area contributed by atoms with Gasteiger partial charge in [-0.2, -0.15) is 0 Å². The number of halogens is 1. The van der Waals surface area contributed by atoms with Crippen molar-refractivity contribution in [3.05, 3.63) is 35.6 Å². The van der Waals surface area contributed by atoms with Crippen LogP contribution in [0.25, 0.3) is 0 Å². The highest BCUT2D eigenvalue weighted by Gasteiger charge is 2.26. The molecule has 0 unspecified atom stereocenters. The molecule has 2 rings (SSSR count). The lowest BCUT2D eigenvalue weighted by molar-refractivity contribution is 0.0829. The van der Waals surface area contributed by atoms with E-state index >= 15 is 0 Å². The number of amides is 3. The van der Waals surface area contributed by atoms with Crippen LogP contribution in [0.3, 0.4) is 0 Å². The maximum Gasteiger partial charge on any atom is 0.324 e. The van der Waals surface area contributed by atoms with Crippen LogP contribution in [0.4, 0.5) is 9.18 Å². The van der Waals surface area contributed by atoms with Gasteiger partial charge in [0.25, 0.3) is 5.91 Å². The highest BCUT2D eigenvalue weighted by Crippen LogP contribution is 2.08. The van der Waals surface area contributed by atoms with Gasteiger partial charge in [-0.15, -0.1) is 0 Å². The number of benzene rings is 1. The molecule has 1 aromatic rings. The van der Waals surface area contributed by atoms with Crippen LogP contribution in [0.15, 0.2) is 24.3 Å². The van der Waals surface area contributed by atoms with E-state index in [-0.39, 0.29) is 0 Å². The molecule has 1 N–H and O–H groups in total. The van der Waals surface area contributed by atoms with Crippen LogP contribution >= 0.6 is 0 Å². The summed E-state index contributed by atoms with van der Waals surface area (Å²) in [6, 6.07) is 4.72. The van der Waals surface area contributed by atoms with Crippen LogP contribution in [0.2, 0.25) is 0 Å². The summed E-state index contributed by atoms with van der Waals surface area (Å²) in [7, 11) is 0. The monoisotopic (exact) mass is 208 g/mol. The molecule has 0 bridgehead atoms. The van der Waals surface area contributed by atoms with Gasteiger partial charge in [0.15, 0.2) is 0 Å². The van der Waals surface area contributed by atoms with Gasteiger partial charge in [0.2, 0.25) is 0 Å². The smallest absolute Gasteiger partial charge is 0.324 e. The minimum Gasteiger partial charge on any atom is -0.336 e. The van der Waals surface area contributed by atoms with Crippen molar-refractivity contribution < 1.29 is 14.0 Å². The van der Waals surface area contributed by atoms with E-state index < -0.39 is 17.8 Å².